The van der Waals surface area contributed by atoms with Crippen molar-refractivity contribution in [2.24, 2.45) is 0 Å². The molecule has 1 aromatic heterocycles. The van der Waals surface area contributed by atoms with Gasteiger partial charge in [0.05, 0.1) is 12.0 Å². The predicted octanol–water partition coefficient (Wildman–Crippen LogP) is 4.15. The number of phenols is 1. The third kappa shape index (κ3) is 2.38. The van der Waals surface area contributed by atoms with Crippen molar-refractivity contribution in [3.05, 3.63) is 58.5 Å². The van der Waals surface area contributed by atoms with Crippen LogP contribution in [0.5, 0.6) is 11.5 Å². The summed E-state index contributed by atoms with van der Waals surface area (Å²) in [5.74, 6) is 0.937. The molecule has 0 radical (unpaired) electrons. The Morgan fingerprint density at radius 3 is 2.52 bits per heavy atom. The molecule has 106 valence electrons. The van der Waals surface area contributed by atoms with E-state index in [1.165, 1.54) is 11.3 Å². The number of aromatic hydroxyl groups is 1. The molecule has 0 spiro atoms. The SMILES string of the molecule is COc1ccc(C(=O)c2sc3ccc(O)cc3c2C)cc1. The maximum Gasteiger partial charge on any atom is 0.203 e. The van der Waals surface area contributed by atoms with E-state index in [1.807, 2.05) is 13.0 Å². The van der Waals surface area contributed by atoms with Crippen LogP contribution in [-0.4, -0.2) is 18.0 Å². The monoisotopic (exact) mass is 298 g/mol. The Labute approximate surface area is 126 Å². The minimum Gasteiger partial charge on any atom is -0.508 e. The number of rotatable bonds is 3. The number of hydrogen-bond donors (Lipinski definition) is 1. The van der Waals surface area contributed by atoms with Crippen LogP contribution in [0, 0.1) is 6.92 Å². The number of thiophene rings is 1. The number of benzene rings is 2. The molecule has 3 aromatic rings. The van der Waals surface area contributed by atoms with Gasteiger partial charge in [0.15, 0.2) is 0 Å². The number of hydrogen-bond acceptors (Lipinski definition) is 4. The molecule has 0 bridgehead atoms. The predicted molar refractivity (Wildman–Crippen MR) is 84.7 cm³/mol. The molecule has 1 heterocycles. The molecule has 0 saturated heterocycles. The molecule has 2 aromatic carbocycles. The van der Waals surface area contributed by atoms with Crippen LogP contribution >= 0.6 is 11.3 Å². The van der Waals surface area contributed by atoms with Crippen LogP contribution in [0.3, 0.4) is 0 Å². The van der Waals surface area contributed by atoms with Gasteiger partial charge in [-0.15, -0.1) is 11.3 Å². The number of aryl methyl sites for hydroxylation is 1. The Morgan fingerprint density at radius 1 is 1.14 bits per heavy atom. The van der Waals surface area contributed by atoms with Gasteiger partial charge in [0.1, 0.15) is 11.5 Å². The summed E-state index contributed by atoms with van der Waals surface area (Å²) in [5, 5.41) is 10.5. The van der Waals surface area contributed by atoms with E-state index < -0.39 is 0 Å². The van der Waals surface area contributed by atoms with Gasteiger partial charge in [-0.3, -0.25) is 4.79 Å². The van der Waals surface area contributed by atoms with E-state index in [2.05, 4.69) is 0 Å². The summed E-state index contributed by atoms with van der Waals surface area (Å²) in [6.07, 6.45) is 0. The smallest absolute Gasteiger partial charge is 0.203 e. The van der Waals surface area contributed by atoms with E-state index >= 15 is 0 Å². The average molecular weight is 298 g/mol. The Morgan fingerprint density at radius 2 is 1.86 bits per heavy atom. The molecule has 0 saturated carbocycles. The van der Waals surface area contributed by atoms with Gasteiger partial charge in [-0.2, -0.15) is 0 Å². The fourth-order valence-corrected chi connectivity index (χ4v) is 3.45. The maximum absolute atomic E-state index is 12.6. The summed E-state index contributed by atoms with van der Waals surface area (Å²) in [6, 6.07) is 12.3. The lowest BCUT2D eigenvalue weighted by molar-refractivity contribution is 0.104. The van der Waals surface area contributed by atoms with E-state index in [9.17, 15) is 9.90 Å². The van der Waals surface area contributed by atoms with Crippen molar-refractivity contribution >= 4 is 27.2 Å². The number of methoxy groups -OCH3 is 1. The van der Waals surface area contributed by atoms with Gasteiger partial charge < -0.3 is 9.84 Å². The molecule has 21 heavy (non-hydrogen) atoms. The van der Waals surface area contributed by atoms with Crippen LogP contribution in [-0.2, 0) is 0 Å². The number of ether oxygens (including phenoxy) is 1. The second-order valence-corrected chi connectivity index (χ2v) is 5.85. The second-order valence-electron chi connectivity index (χ2n) is 4.79. The van der Waals surface area contributed by atoms with Gasteiger partial charge in [-0.1, -0.05) is 0 Å². The topological polar surface area (TPSA) is 46.5 Å². The molecular formula is C17H14O3S. The van der Waals surface area contributed by atoms with Crippen LogP contribution in [0.15, 0.2) is 42.5 Å². The zero-order valence-electron chi connectivity index (χ0n) is 11.7. The van der Waals surface area contributed by atoms with E-state index in [0.29, 0.717) is 10.4 Å². The van der Waals surface area contributed by atoms with Crippen LogP contribution in [0.2, 0.25) is 0 Å². The lowest BCUT2D eigenvalue weighted by Gasteiger charge is -2.02. The molecule has 3 nitrogen and oxygen atoms in total. The summed E-state index contributed by atoms with van der Waals surface area (Å²) in [6.45, 7) is 1.91. The zero-order valence-corrected chi connectivity index (χ0v) is 12.5. The first-order chi connectivity index (χ1) is 10.1. The summed E-state index contributed by atoms with van der Waals surface area (Å²) in [5.41, 5.74) is 1.54. The first-order valence-corrected chi connectivity index (χ1v) is 7.32. The zero-order chi connectivity index (χ0) is 15.0. The third-order valence-corrected chi connectivity index (χ3v) is 4.75. The Bertz CT molecular complexity index is 816. The molecule has 0 amide bonds. The second kappa shape index (κ2) is 5.22. The fraction of sp³-hybridized carbons (Fsp3) is 0.118. The highest BCUT2D eigenvalue weighted by Crippen LogP contribution is 2.34. The summed E-state index contributed by atoms with van der Waals surface area (Å²) in [7, 11) is 1.60. The van der Waals surface area contributed by atoms with Crippen LogP contribution < -0.4 is 4.74 Å². The minimum atomic E-state index is -0.00385. The van der Waals surface area contributed by atoms with Crippen LogP contribution in [0.4, 0.5) is 0 Å². The van der Waals surface area contributed by atoms with Crippen molar-refractivity contribution in [1.82, 2.24) is 0 Å². The molecule has 1 N–H and O–H groups in total. The van der Waals surface area contributed by atoms with Gasteiger partial charge in [0.25, 0.3) is 0 Å². The minimum absolute atomic E-state index is 0.00385. The van der Waals surface area contributed by atoms with E-state index in [4.69, 9.17) is 4.74 Å². The van der Waals surface area contributed by atoms with Gasteiger partial charge >= 0.3 is 0 Å². The van der Waals surface area contributed by atoms with Crippen molar-refractivity contribution in [3.63, 3.8) is 0 Å². The number of carbonyl (C=O) groups excluding carboxylic acids is 1. The van der Waals surface area contributed by atoms with Crippen molar-refractivity contribution in [2.45, 2.75) is 6.92 Å². The maximum atomic E-state index is 12.6. The van der Waals surface area contributed by atoms with Gasteiger partial charge in [0.2, 0.25) is 5.78 Å². The normalized spacial score (nSPS) is 10.8. The molecule has 0 aliphatic heterocycles. The number of fused-ring (bicyclic) bond motifs is 1. The molecule has 0 atom stereocenters. The van der Waals surface area contributed by atoms with Crippen molar-refractivity contribution < 1.29 is 14.6 Å². The molecule has 3 rings (SSSR count). The summed E-state index contributed by atoms with van der Waals surface area (Å²) < 4.78 is 6.11. The van der Waals surface area contributed by atoms with Crippen LogP contribution in [0.25, 0.3) is 10.1 Å². The van der Waals surface area contributed by atoms with E-state index in [-0.39, 0.29) is 11.5 Å². The third-order valence-electron chi connectivity index (χ3n) is 3.48. The first-order valence-electron chi connectivity index (χ1n) is 6.51. The average Bonchev–Trinajstić information content (AvgIpc) is 2.83. The van der Waals surface area contributed by atoms with E-state index in [1.54, 1.807) is 43.5 Å². The molecule has 0 aliphatic carbocycles. The quantitative estimate of drug-likeness (QED) is 0.739. The lowest BCUT2D eigenvalue weighted by atomic mass is 10.0. The van der Waals surface area contributed by atoms with Crippen molar-refractivity contribution in [2.75, 3.05) is 7.11 Å². The summed E-state index contributed by atoms with van der Waals surface area (Å²) in [4.78, 5) is 13.3. The standard InChI is InChI=1S/C17H14O3S/c1-10-14-9-12(18)5-8-15(14)21-17(10)16(19)11-3-6-13(20-2)7-4-11/h3-9,18H,1-2H3. The highest BCUT2D eigenvalue weighted by atomic mass is 32.1. The van der Waals surface area contributed by atoms with Crippen molar-refractivity contribution in [1.29, 1.82) is 0 Å². The lowest BCUT2D eigenvalue weighted by Crippen LogP contribution is -2.00. The number of ketones is 1. The molecule has 0 fully saturated rings. The largest absolute Gasteiger partial charge is 0.508 e. The molecule has 4 heteroatoms. The highest BCUT2D eigenvalue weighted by Gasteiger charge is 2.17. The van der Waals surface area contributed by atoms with Crippen molar-refractivity contribution in [3.8, 4) is 11.5 Å². The van der Waals surface area contributed by atoms with Gasteiger partial charge in [0, 0.05) is 10.3 Å². The molecule has 0 aliphatic rings. The number of phenolic OH excluding ortho intramolecular Hbond substituents is 1. The van der Waals surface area contributed by atoms with Gasteiger partial charge in [-0.05, 0) is 60.3 Å². The fourth-order valence-electron chi connectivity index (χ4n) is 2.30. The Kier molecular flexibility index (Phi) is 3.39. The summed E-state index contributed by atoms with van der Waals surface area (Å²) >= 11 is 1.45. The highest BCUT2D eigenvalue weighted by molar-refractivity contribution is 7.21. The number of carbonyl (C=O) groups is 1. The van der Waals surface area contributed by atoms with Crippen LogP contribution in [0.1, 0.15) is 20.8 Å². The molecule has 0 unspecified atom stereocenters. The Hall–Kier alpha value is -2.33. The molecular weight excluding hydrogens is 284 g/mol. The van der Waals surface area contributed by atoms with E-state index in [0.717, 1.165) is 21.4 Å². The first kappa shape index (κ1) is 13.6. The van der Waals surface area contributed by atoms with Gasteiger partial charge in [-0.25, -0.2) is 0 Å². The Balaban J connectivity index is 2.06.